The van der Waals surface area contributed by atoms with Crippen LogP contribution in [0.15, 0.2) is 24.3 Å². The van der Waals surface area contributed by atoms with Crippen LogP contribution in [0.1, 0.15) is 34.3 Å². The van der Waals surface area contributed by atoms with Crippen LogP contribution in [-0.2, 0) is 6.42 Å². The van der Waals surface area contributed by atoms with Crippen molar-refractivity contribution in [3.05, 3.63) is 40.4 Å². The highest BCUT2D eigenvalue weighted by atomic mass is 32.1. The van der Waals surface area contributed by atoms with E-state index in [-0.39, 0.29) is 5.91 Å². The summed E-state index contributed by atoms with van der Waals surface area (Å²) in [7, 11) is 4.07. The van der Waals surface area contributed by atoms with Crippen LogP contribution in [0.3, 0.4) is 0 Å². The molecule has 0 aliphatic heterocycles. The van der Waals surface area contributed by atoms with Gasteiger partial charge in [-0.3, -0.25) is 4.79 Å². The van der Waals surface area contributed by atoms with Crippen molar-refractivity contribution in [3.63, 3.8) is 0 Å². The molecule has 0 spiro atoms. The molecule has 2 rings (SSSR count). The smallest absolute Gasteiger partial charge is 0.263 e. The zero-order chi connectivity index (χ0) is 16.8. The van der Waals surface area contributed by atoms with Gasteiger partial charge >= 0.3 is 0 Å². The minimum Gasteiger partial charge on any atom is -0.351 e. The first kappa shape index (κ1) is 17.6. The number of amides is 1. The lowest BCUT2D eigenvalue weighted by Crippen LogP contribution is -2.26. The van der Waals surface area contributed by atoms with Gasteiger partial charge in [0.2, 0.25) is 0 Å². The molecule has 0 saturated carbocycles. The van der Waals surface area contributed by atoms with E-state index in [9.17, 15) is 4.79 Å². The number of hydrogen-bond acceptors (Lipinski definition) is 4. The molecule has 0 radical (unpaired) electrons. The first-order valence-corrected chi connectivity index (χ1v) is 8.82. The lowest BCUT2D eigenvalue weighted by molar-refractivity contribution is 0.0955. The molecule has 124 valence electrons. The Kier molecular flexibility index (Phi) is 6.30. The molecular formula is C18H25N3OS. The third kappa shape index (κ3) is 4.88. The second-order valence-corrected chi connectivity index (χ2v) is 6.90. The first-order valence-electron chi connectivity index (χ1n) is 8.01. The molecule has 0 atom stereocenters. The van der Waals surface area contributed by atoms with Crippen molar-refractivity contribution < 1.29 is 4.79 Å². The van der Waals surface area contributed by atoms with E-state index < -0.39 is 0 Å². The highest BCUT2D eigenvalue weighted by molar-refractivity contribution is 7.17. The predicted molar refractivity (Wildman–Crippen MR) is 97.2 cm³/mol. The fraction of sp³-hybridized carbons (Fsp3) is 0.444. The number of nitrogens with one attached hydrogen (secondary N) is 1. The van der Waals surface area contributed by atoms with Crippen LogP contribution in [0.25, 0.3) is 10.6 Å². The molecule has 1 amide bonds. The van der Waals surface area contributed by atoms with E-state index >= 15 is 0 Å². The molecule has 1 N–H and O–H groups in total. The number of thiazole rings is 1. The molecule has 23 heavy (non-hydrogen) atoms. The van der Waals surface area contributed by atoms with Crippen LogP contribution >= 0.6 is 11.3 Å². The quantitative estimate of drug-likeness (QED) is 0.791. The fourth-order valence-electron chi connectivity index (χ4n) is 2.29. The summed E-state index contributed by atoms with van der Waals surface area (Å²) in [6.07, 6.45) is 1.97. The first-order chi connectivity index (χ1) is 11.0. The third-order valence-corrected chi connectivity index (χ3v) is 4.88. The number of nitrogens with zero attached hydrogens (tertiary/aromatic N) is 2. The molecule has 0 saturated heterocycles. The maximum absolute atomic E-state index is 12.3. The number of aryl methyl sites for hydroxylation is 2. The summed E-state index contributed by atoms with van der Waals surface area (Å²) in [4.78, 5) is 19.7. The SMILES string of the molecule is CCc1ccc(-c2nc(C)c(C(=O)NCCCN(C)C)s2)cc1. The normalized spacial score (nSPS) is 11.0. The fourth-order valence-corrected chi connectivity index (χ4v) is 3.28. The van der Waals surface area contributed by atoms with Gasteiger partial charge < -0.3 is 10.2 Å². The van der Waals surface area contributed by atoms with E-state index in [4.69, 9.17) is 0 Å². The number of hydrogen-bond donors (Lipinski definition) is 1. The second-order valence-electron chi connectivity index (χ2n) is 5.90. The monoisotopic (exact) mass is 331 g/mol. The van der Waals surface area contributed by atoms with Gasteiger partial charge in [-0.25, -0.2) is 4.98 Å². The lowest BCUT2D eigenvalue weighted by Gasteiger charge is -2.09. The third-order valence-electron chi connectivity index (χ3n) is 3.68. The maximum Gasteiger partial charge on any atom is 0.263 e. The Balaban J connectivity index is 2.03. The van der Waals surface area contributed by atoms with Gasteiger partial charge in [0.25, 0.3) is 5.91 Å². The van der Waals surface area contributed by atoms with Gasteiger partial charge in [-0.2, -0.15) is 0 Å². The Bertz CT molecular complexity index is 647. The summed E-state index contributed by atoms with van der Waals surface area (Å²) >= 11 is 1.46. The van der Waals surface area contributed by atoms with Crippen LogP contribution in [0, 0.1) is 6.92 Å². The molecule has 0 unspecified atom stereocenters. The molecule has 0 fully saturated rings. The van der Waals surface area contributed by atoms with Crippen molar-refractivity contribution in [1.29, 1.82) is 0 Å². The van der Waals surface area contributed by atoms with Crippen LogP contribution in [0.5, 0.6) is 0 Å². The Morgan fingerprint density at radius 2 is 1.96 bits per heavy atom. The summed E-state index contributed by atoms with van der Waals surface area (Å²) in [5.41, 5.74) is 3.18. The molecule has 0 aliphatic rings. The van der Waals surface area contributed by atoms with Gasteiger partial charge in [0.15, 0.2) is 0 Å². The second kappa shape index (κ2) is 8.22. The van der Waals surface area contributed by atoms with Crippen LogP contribution < -0.4 is 5.32 Å². The van der Waals surface area contributed by atoms with Gasteiger partial charge in [-0.05, 0) is 46.0 Å². The van der Waals surface area contributed by atoms with Crippen molar-refractivity contribution in [2.24, 2.45) is 0 Å². The van der Waals surface area contributed by atoms with E-state index in [1.807, 2.05) is 21.0 Å². The summed E-state index contributed by atoms with van der Waals surface area (Å²) in [6.45, 7) is 5.70. The number of benzene rings is 1. The van der Waals surface area contributed by atoms with Gasteiger partial charge in [0, 0.05) is 12.1 Å². The molecule has 1 aromatic heterocycles. The predicted octanol–water partition coefficient (Wildman–Crippen LogP) is 3.36. The van der Waals surface area contributed by atoms with Gasteiger partial charge in [-0.15, -0.1) is 11.3 Å². The zero-order valence-corrected chi connectivity index (χ0v) is 15.2. The molecule has 1 aromatic carbocycles. The number of carbonyl (C=O) groups excluding carboxylic acids is 1. The summed E-state index contributed by atoms with van der Waals surface area (Å²) in [5.74, 6) is -0.0183. The van der Waals surface area contributed by atoms with Gasteiger partial charge in [0.1, 0.15) is 9.88 Å². The topological polar surface area (TPSA) is 45.2 Å². The van der Waals surface area contributed by atoms with Crippen molar-refractivity contribution in [3.8, 4) is 10.6 Å². The van der Waals surface area contributed by atoms with E-state index in [2.05, 4.69) is 46.4 Å². The minimum atomic E-state index is -0.0183. The van der Waals surface area contributed by atoms with Crippen molar-refractivity contribution >= 4 is 17.2 Å². The van der Waals surface area contributed by atoms with E-state index in [0.29, 0.717) is 11.4 Å². The Morgan fingerprint density at radius 1 is 1.26 bits per heavy atom. The molecule has 0 bridgehead atoms. The summed E-state index contributed by atoms with van der Waals surface area (Å²) in [5, 5.41) is 3.89. The van der Waals surface area contributed by atoms with Gasteiger partial charge in [0.05, 0.1) is 5.69 Å². The number of aromatic nitrogens is 1. The Morgan fingerprint density at radius 3 is 2.57 bits per heavy atom. The van der Waals surface area contributed by atoms with Crippen molar-refractivity contribution in [2.75, 3.05) is 27.2 Å². The van der Waals surface area contributed by atoms with E-state index in [0.717, 1.165) is 35.7 Å². The average Bonchev–Trinajstić information content (AvgIpc) is 2.93. The standard InChI is InChI=1S/C18H25N3OS/c1-5-14-7-9-15(10-8-14)18-20-13(2)16(23-18)17(22)19-11-6-12-21(3)4/h7-10H,5-6,11-12H2,1-4H3,(H,19,22). The van der Waals surface area contributed by atoms with Crippen LogP contribution in [0.2, 0.25) is 0 Å². The number of rotatable bonds is 7. The molecular weight excluding hydrogens is 306 g/mol. The molecule has 5 heteroatoms. The molecule has 2 aromatic rings. The Labute approximate surface area is 142 Å². The largest absolute Gasteiger partial charge is 0.351 e. The Hall–Kier alpha value is -1.72. The van der Waals surface area contributed by atoms with E-state index in [1.54, 1.807) is 0 Å². The average molecular weight is 331 g/mol. The van der Waals surface area contributed by atoms with Crippen LogP contribution in [-0.4, -0.2) is 43.0 Å². The van der Waals surface area contributed by atoms with E-state index in [1.165, 1.54) is 16.9 Å². The summed E-state index contributed by atoms with van der Waals surface area (Å²) < 4.78 is 0. The van der Waals surface area contributed by atoms with Crippen molar-refractivity contribution in [2.45, 2.75) is 26.7 Å². The molecule has 1 heterocycles. The highest BCUT2D eigenvalue weighted by Crippen LogP contribution is 2.28. The van der Waals surface area contributed by atoms with Crippen molar-refractivity contribution in [1.82, 2.24) is 15.2 Å². The van der Waals surface area contributed by atoms with Crippen LogP contribution in [0.4, 0.5) is 0 Å². The highest BCUT2D eigenvalue weighted by Gasteiger charge is 2.15. The maximum atomic E-state index is 12.3. The minimum absolute atomic E-state index is 0.0183. The molecule has 0 aliphatic carbocycles. The lowest BCUT2D eigenvalue weighted by atomic mass is 10.1. The zero-order valence-electron chi connectivity index (χ0n) is 14.3. The summed E-state index contributed by atoms with van der Waals surface area (Å²) in [6, 6.07) is 8.39. The molecule has 4 nitrogen and oxygen atoms in total. The number of carbonyl (C=O) groups is 1. The van der Waals surface area contributed by atoms with Gasteiger partial charge in [-0.1, -0.05) is 31.2 Å².